The van der Waals surface area contributed by atoms with Gasteiger partial charge >= 0.3 is 0 Å². The van der Waals surface area contributed by atoms with E-state index in [-0.39, 0.29) is 0 Å². The van der Waals surface area contributed by atoms with Crippen LogP contribution >= 0.6 is 0 Å². The lowest BCUT2D eigenvalue weighted by Gasteiger charge is -2.36. The summed E-state index contributed by atoms with van der Waals surface area (Å²) in [6.07, 6.45) is 3.74. The number of nitrogens with one attached hydrogen (secondary N) is 1. The Bertz CT molecular complexity index is 867. The van der Waals surface area contributed by atoms with Crippen LogP contribution in [-0.4, -0.2) is 33.3 Å². The Morgan fingerprint density at radius 2 is 1.55 bits per heavy atom. The van der Waals surface area contributed by atoms with E-state index in [0.29, 0.717) is 12.0 Å². The predicted molar refractivity (Wildman–Crippen MR) is 115 cm³/mol. The van der Waals surface area contributed by atoms with Crippen molar-refractivity contribution >= 4 is 0 Å². The van der Waals surface area contributed by atoms with Crippen molar-refractivity contribution in [1.82, 2.24) is 20.2 Å². The van der Waals surface area contributed by atoms with Crippen molar-refractivity contribution < 1.29 is 4.90 Å². The Labute approximate surface area is 173 Å². The molecule has 5 heteroatoms. The second kappa shape index (κ2) is 9.31. The van der Waals surface area contributed by atoms with Crippen molar-refractivity contribution in [1.29, 1.82) is 0 Å². The van der Waals surface area contributed by atoms with Crippen molar-refractivity contribution in [3.63, 3.8) is 0 Å². The number of hydrogen-bond donors (Lipinski definition) is 1. The van der Waals surface area contributed by atoms with E-state index < -0.39 is 0 Å². The average molecular weight is 391 g/mol. The Morgan fingerprint density at radius 1 is 0.931 bits per heavy atom. The van der Waals surface area contributed by atoms with Gasteiger partial charge in [-0.1, -0.05) is 74.5 Å². The van der Waals surface area contributed by atoms with Crippen LogP contribution < -0.4 is 4.90 Å². The first-order valence-corrected chi connectivity index (χ1v) is 10.9. The molecule has 0 unspecified atom stereocenters. The largest absolute Gasteiger partial charge is 0.326 e. The summed E-state index contributed by atoms with van der Waals surface area (Å²) in [6, 6.07) is 21.7. The van der Waals surface area contributed by atoms with Crippen molar-refractivity contribution in [2.45, 2.75) is 45.7 Å². The summed E-state index contributed by atoms with van der Waals surface area (Å²) in [7, 11) is 0. The summed E-state index contributed by atoms with van der Waals surface area (Å²) in [6.45, 7) is 7.72. The molecule has 1 fully saturated rings. The van der Waals surface area contributed by atoms with Crippen LogP contribution in [-0.2, 0) is 13.0 Å². The third kappa shape index (κ3) is 4.91. The third-order valence-electron chi connectivity index (χ3n) is 6.23. The number of quaternary nitrogens is 1. The molecule has 0 saturated carbocycles. The van der Waals surface area contributed by atoms with E-state index in [1.165, 1.54) is 43.5 Å². The number of rotatable bonds is 7. The number of benzene rings is 2. The molecule has 1 atom stereocenters. The molecule has 0 radical (unpaired) electrons. The van der Waals surface area contributed by atoms with Gasteiger partial charge in [-0.15, -0.1) is 5.10 Å². The monoisotopic (exact) mass is 390 g/mol. The minimum absolute atomic E-state index is 0.339. The molecule has 0 amide bonds. The van der Waals surface area contributed by atoms with Gasteiger partial charge in [0.15, 0.2) is 6.04 Å². The fourth-order valence-electron chi connectivity index (χ4n) is 4.77. The van der Waals surface area contributed by atoms with Gasteiger partial charge in [-0.3, -0.25) is 0 Å². The first-order chi connectivity index (χ1) is 14.2. The molecule has 1 aromatic heterocycles. The number of nitrogens with zero attached hydrogens (tertiary/aromatic N) is 4. The molecule has 5 nitrogen and oxygen atoms in total. The molecule has 2 aromatic carbocycles. The lowest BCUT2D eigenvalue weighted by molar-refractivity contribution is -0.942. The maximum absolute atomic E-state index is 4.48. The molecule has 4 rings (SSSR count). The van der Waals surface area contributed by atoms with E-state index >= 15 is 0 Å². The average Bonchev–Trinajstić information content (AvgIpc) is 3.18. The Hall–Kier alpha value is -2.53. The fourth-order valence-corrected chi connectivity index (χ4v) is 4.77. The molecule has 1 aliphatic heterocycles. The number of hydrogen-bond acceptors (Lipinski definition) is 3. The lowest BCUT2D eigenvalue weighted by Crippen LogP contribution is -3.14. The number of tetrazole rings is 1. The summed E-state index contributed by atoms with van der Waals surface area (Å²) in [5, 5.41) is 12.8. The van der Waals surface area contributed by atoms with Crippen LogP contribution in [0.4, 0.5) is 0 Å². The van der Waals surface area contributed by atoms with Gasteiger partial charge in [0.25, 0.3) is 0 Å². The zero-order valence-electron chi connectivity index (χ0n) is 17.5. The summed E-state index contributed by atoms with van der Waals surface area (Å²) in [4.78, 5) is 1.63. The van der Waals surface area contributed by atoms with Gasteiger partial charge in [-0.25, -0.2) is 4.68 Å². The van der Waals surface area contributed by atoms with Crippen LogP contribution in [0, 0.1) is 11.8 Å². The SMILES string of the molecule is CC(C)[C@@H](c1nnnn1Cc1ccccc1)[NH+]1CCC(Cc2ccccc2)CC1. The van der Waals surface area contributed by atoms with Gasteiger partial charge in [-0.2, -0.15) is 0 Å². The fraction of sp³-hybridized carbons (Fsp3) is 0.458. The topological polar surface area (TPSA) is 48.0 Å². The highest BCUT2D eigenvalue weighted by molar-refractivity contribution is 5.16. The summed E-state index contributed by atoms with van der Waals surface area (Å²) in [5.41, 5.74) is 2.70. The molecule has 2 heterocycles. The summed E-state index contributed by atoms with van der Waals surface area (Å²) in [5.74, 6) is 2.31. The molecule has 1 saturated heterocycles. The predicted octanol–water partition coefficient (Wildman–Crippen LogP) is 2.96. The van der Waals surface area contributed by atoms with Crippen molar-refractivity contribution in [2.75, 3.05) is 13.1 Å². The zero-order chi connectivity index (χ0) is 20.1. The van der Waals surface area contributed by atoms with Gasteiger partial charge in [-0.05, 0) is 46.7 Å². The summed E-state index contributed by atoms with van der Waals surface area (Å²) >= 11 is 0. The van der Waals surface area contributed by atoms with Crippen LogP contribution in [0.3, 0.4) is 0 Å². The highest BCUT2D eigenvalue weighted by atomic mass is 15.5. The molecule has 3 aromatic rings. The van der Waals surface area contributed by atoms with Gasteiger partial charge < -0.3 is 4.90 Å². The highest BCUT2D eigenvalue weighted by Gasteiger charge is 2.35. The molecule has 152 valence electrons. The van der Waals surface area contributed by atoms with E-state index in [1.807, 2.05) is 10.7 Å². The van der Waals surface area contributed by atoms with Gasteiger partial charge in [0.1, 0.15) is 0 Å². The van der Waals surface area contributed by atoms with Gasteiger partial charge in [0.2, 0.25) is 5.82 Å². The van der Waals surface area contributed by atoms with Gasteiger partial charge in [0, 0.05) is 5.92 Å². The number of piperidine rings is 1. The number of likely N-dealkylation sites (tertiary alicyclic amines) is 1. The quantitative estimate of drug-likeness (QED) is 0.675. The van der Waals surface area contributed by atoms with Crippen LogP contribution in [0.1, 0.15) is 49.7 Å². The lowest BCUT2D eigenvalue weighted by atomic mass is 9.88. The Balaban J connectivity index is 1.43. The van der Waals surface area contributed by atoms with E-state index in [1.54, 1.807) is 4.90 Å². The van der Waals surface area contributed by atoms with E-state index in [9.17, 15) is 0 Å². The number of aromatic nitrogens is 4. The molecule has 0 aliphatic carbocycles. The van der Waals surface area contributed by atoms with E-state index in [2.05, 4.69) is 84.0 Å². The van der Waals surface area contributed by atoms with Crippen LogP contribution in [0.2, 0.25) is 0 Å². The smallest absolute Gasteiger partial charge is 0.209 e. The first kappa shape index (κ1) is 19.8. The minimum Gasteiger partial charge on any atom is -0.326 e. The third-order valence-corrected chi connectivity index (χ3v) is 6.23. The Kier molecular flexibility index (Phi) is 6.35. The molecule has 1 aliphatic rings. The van der Waals surface area contributed by atoms with Crippen molar-refractivity contribution in [3.8, 4) is 0 Å². The summed E-state index contributed by atoms with van der Waals surface area (Å²) < 4.78 is 2.00. The van der Waals surface area contributed by atoms with E-state index in [4.69, 9.17) is 0 Å². The van der Waals surface area contributed by atoms with Gasteiger partial charge in [0.05, 0.1) is 19.6 Å². The maximum Gasteiger partial charge on any atom is 0.209 e. The highest BCUT2D eigenvalue weighted by Crippen LogP contribution is 2.21. The van der Waals surface area contributed by atoms with Crippen LogP contribution in [0.5, 0.6) is 0 Å². The Morgan fingerprint density at radius 3 is 2.17 bits per heavy atom. The van der Waals surface area contributed by atoms with Crippen molar-refractivity contribution in [2.24, 2.45) is 11.8 Å². The molecule has 0 bridgehead atoms. The van der Waals surface area contributed by atoms with Crippen LogP contribution in [0.15, 0.2) is 60.7 Å². The second-order valence-electron chi connectivity index (χ2n) is 8.69. The molecule has 29 heavy (non-hydrogen) atoms. The van der Waals surface area contributed by atoms with Crippen molar-refractivity contribution in [3.05, 3.63) is 77.6 Å². The zero-order valence-corrected chi connectivity index (χ0v) is 17.5. The standard InChI is InChI=1S/C24H31N5/c1-19(2)23(24-25-26-27-29(24)18-22-11-7-4-8-12-22)28-15-13-21(14-16-28)17-20-9-5-3-6-10-20/h3-12,19,21,23H,13-18H2,1-2H3/p+1/t23-/m0/s1. The molecular formula is C24H32N5+. The molecule has 0 spiro atoms. The van der Waals surface area contributed by atoms with Crippen LogP contribution in [0.25, 0.3) is 0 Å². The first-order valence-electron chi connectivity index (χ1n) is 10.9. The second-order valence-corrected chi connectivity index (χ2v) is 8.69. The van der Waals surface area contributed by atoms with E-state index in [0.717, 1.165) is 18.3 Å². The molecular weight excluding hydrogens is 358 g/mol. The molecule has 1 N–H and O–H groups in total. The normalized spacial score (nSPS) is 20.7. The minimum atomic E-state index is 0.339. The maximum atomic E-state index is 4.48.